The quantitative estimate of drug-likeness (QED) is 0.517. The molecule has 1 aromatic carbocycles. The van der Waals surface area contributed by atoms with Crippen LogP contribution < -0.4 is 14.8 Å². The topological polar surface area (TPSA) is 114 Å². The minimum Gasteiger partial charge on any atom is -0.481 e. The highest BCUT2D eigenvalue weighted by Crippen LogP contribution is 2.40. The zero-order valence-electron chi connectivity index (χ0n) is 15.1. The van der Waals surface area contributed by atoms with Crippen LogP contribution >= 0.6 is 23.5 Å². The second-order valence-electron chi connectivity index (χ2n) is 5.82. The predicted molar refractivity (Wildman–Crippen MR) is 106 cm³/mol. The summed E-state index contributed by atoms with van der Waals surface area (Å²) in [6.45, 7) is 3.54. The van der Waals surface area contributed by atoms with E-state index in [1.807, 2.05) is 10.8 Å². The molecule has 2 heterocycles. The van der Waals surface area contributed by atoms with Gasteiger partial charge in [0.05, 0.1) is 7.11 Å². The Labute approximate surface area is 172 Å². The lowest BCUT2D eigenvalue weighted by Gasteiger charge is -2.12. The van der Waals surface area contributed by atoms with E-state index in [0.717, 1.165) is 18.5 Å². The van der Waals surface area contributed by atoms with Gasteiger partial charge >= 0.3 is 6.03 Å². The molecular weight excluding hydrogens is 426 g/mol. The monoisotopic (exact) mass is 443 g/mol. The van der Waals surface area contributed by atoms with Crippen molar-refractivity contribution in [3.63, 3.8) is 0 Å². The molecule has 1 aromatic heterocycles. The first kappa shape index (κ1) is 20.6. The van der Waals surface area contributed by atoms with E-state index < -0.39 is 16.1 Å². The number of hydrogen-bond acceptors (Lipinski definition) is 8. The number of rotatable bonds is 6. The van der Waals surface area contributed by atoms with Crippen LogP contribution in [0, 0.1) is 0 Å². The van der Waals surface area contributed by atoms with Crippen LogP contribution in [-0.2, 0) is 16.6 Å². The molecular formula is C16H18ClN5O4S2. The minimum absolute atomic E-state index is 0.0401. The van der Waals surface area contributed by atoms with E-state index in [1.165, 1.54) is 31.2 Å². The summed E-state index contributed by atoms with van der Waals surface area (Å²) in [5.41, 5.74) is 0.907. The highest BCUT2D eigenvalue weighted by molar-refractivity contribution is 7.98. The lowest BCUT2D eigenvalue weighted by molar-refractivity contribution is 0.256. The third-order valence-corrected chi connectivity index (χ3v) is 6.65. The standard InChI is InChI=1S/C16H18ClN5O4S2/c1-3-7-22-9-10-5-4-6-11(14(10)27-22)28(24,25)21-16(23)20-15-18-12(17)8-13(19-15)26-2/h4-6,8H,3,7,9H2,1-2H3,(H2,18,19,20,21,23). The smallest absolute Gasteiger partial charge is 0.335 e. The Morgan fingerprint density at radius 2 is 2.18 bits per heavy atom. The summed E-state index contributed by atoms with van der Waals surface area (Å²) in [6, 6.07) is 5.36. The van der Waals surface area contributed by atoms with Crippen molar-refractivity contribution in [1.29, 1.82) is 0 Å². The van der Waals surface area contributed by atoms with E-state index in [2.05, 4.69) is 26.5 Å². The Kier molecular flexibility index (Phi) is 6.28. The van der Waals surface area contributed by atoms with Crippen LogP contribution in [0.3, 0.4) is 0 Å². The number of halogens is 1. The van der Waals surface area contributed by atoms with Crippen molar-refractivity contribution in [3.8, 4) is 5.88 Å². The molecule has 2 N–H and O–H groups in total. The molecule has 0 aliphatic carbocycles. The fourth-order valence-corrected chi connectivity index (χ4v) is 5.38. The zero-order chi connectivity index (χ0) is 20.3. The molecule has 0 unspecified atom stereocenters. The Hall–Kier alpha value is -2.08. The Morgan fingerprint density at radius 1 is 1.39 bits per heavy atom. The third kappa shape index (κ3) is 4.66. The molecule has 2 amide bonds. The molecule has 0 saturated heterocycles. The van der Waals surface area contributed by atoms with Crippen LogP contribution in [0.1, 0.15) is 18.9 Å². The Bertz CT molecular complexity index is 1000. The number of ether oxygens (including phenoxy) is 1. The number of urea groups is 1. The highest BCUT2D eigenvalue weighted by Gasteiger charge is 2.29. The van der Waals surface area contributed by atoms with Crippen molar-refractivity contribution in [3.05, 3.63) is 35.0 Å². The number of nitrogens with zero attached hydrogens (tertiary/aromatic N) is 3. The molecule has 1 aliphatic rings. The van der Waals surface area contributed by atoms with Gasteiger partial charge in [0.1, 0.15) is 10.0 Å². The number of methoxy groups -OCH3 is 1. The molecule has 0 bridgehead atoms. The lowest BCUT2D eigenvalue weighted by atomic mass is 10.2. The summed E-state index contributed by atoms with van der Waals surface area (Å²) < 4.78 is 34.5. The maximum atomic E-state index is 12.8. The van der Waals surface area contributed by atoms with Gasteiger partial charge in [-0.2, -0.15) is 4.98 Å². The average molecular weight is 444 g/mol. The summed E-state index contributed by atoms with van der Waals surface area (Å²) in [5, 5.41) is 2.29. The number of anilines is 1. The number of fused-ring (bicyclic) bond motifs is 1. The van der Waals surface area contributed by atoms with Crippen LogP contribution in [0.15, 0.2) is 34.1 Å². The minimum atomic E-state index is -4.10. The van der Waals surface area contributed by atoms with Crippen molar-refractivity contribution in [2.45, 2.75) is 29.7 Å². The van der Waals surface area contributed by atoms with E-state index in [0.29, 0.717) is 11.4 Å². The van der Waals surface area contributed by atoms with Gasteiger partial charge in [0.25, 0.3) is 10.0 Å². The Morgan fingerprint density at radius 3 is 2.89 bits per heavy atom. The second kappa shape index (κ2) is 8.52. The molecule has 28 heavy (non-hydrogen) atoms. The summed E-state index contributed by atoms with van der Waals surface area (Å²) in [4.78, 5) is 20.6. The maximum absolute atomic E-state index is 12.8. The van der Waals surface area contributed by atoms with E-state index in [-0.39, 0.29) is 21.9 Å². The van der Waals surface area contributed by atoms with Crippen molar-refractivity contribution < 1.29 is 17.9 Å². The number of hydrogen-bond donors (Lipinski definition) is 2. The van der Waals surface area contributed by atoms with E-state index >= 15 is 0 Å². The van der Waals surface area contributed by atoms with Crippen molar-refractivity contribution in [2.24, 2.45) is 0 Å². The van der Waals surface area contributed by atoms with E-state index in [4.69, 9.17) is 16.3 Å². The van der Waals surface area contributed by atoms with Gasteiger partial charge in [-0.1, -0.05) is 30.7 Å². The molecule has 150 valence electrons. The summed E-state index contributed by atoms with van der Waals surface area (Å²) in [6.07, 6.45) is 0.951. The number of sulfonamides is 1. The third-order valence-electron chi connectivity index (χ3n) is 3.72. The van der Waals surface area contributed by atoms with Gasteiger partial charge in [0.15, 0.2) is 0 Å². The highest BCUT2D eigenvalue weighted by atomic mass is 35.5. The van der Waals surface area contributed by atoms with Crippen LogP contribution in [-0.4, -0.2) is 42.4 Å². The molecule has 0 atom stereocenters. The first-order chi connectivity index (χ1) is 13.3. The van der Waals surface area contributed by atoms with Crippen molar-refractivity contribution in [1.82, 2.24) is 19.0 Å². The number of amides is 2. The van der Waals surface area contributed by atoms with Gasteiger partial charge in [0, 0.05) is 24.1 Å². The summed E-state index contributed by atoms with van der Waals surface area (Å²) in [7, 11) is -2.72. The molecule has 9 nitrogen and oxygen atoms in total. The molecule has 0 saturated carbocycles. The van der Waals surface area contributed by atoms with Crippen LogP contribution in [0.2, 0.25) is 5.15 Å². The number of carbonyl (C=O) groups excluding carboxylic acids is 1. The molecule has 12 heteroatoms. The van der Waals surface area contributed by atoms with Crippen LogP contribution in [0.4, 0.5) is 10.7 Å². The summed E-state index contributed by atoms with van der Waals surface area (Å²) in [5.74, 6) is -0.0507. The van der Waals surface area contributed by atoms with Crippen LogP contribution in [0.25, 0.3) is 0 Å². The first-order valence-corrected chi connectivity index (χ1v) is 10.9. The number of benzene rings is 1. The maximum Gasteiger partial charge on any atom is 0.335 e. The normalized spacial score (nSPS) is 13.8. The first-order valence-electron chi connectivity index (χ1n) is 8.29. The lowest BCUT2D eigenvalue weighted by Crippen LogP contribution is -2.35. The average Bonchev–Trinajstić information content (AvgIpc) is 3.03. The molecule has 3 rings (SSSR count). The van der Waals surface area contributed by atoms with Crippen LogP contribution in [0.5, 0.6) is 5.88 Å². The number of nitrogens with one attached hydrogen (secondary N) is 2. The molecule has 0 radical (unpaired) electrons. The molecule has 0 fully saturated rings. The zero-order valence-corrected chi connectivity index (χ0v) is 17.5. The largest absolute Gasteiger partial charge is 0.481 e. The van der Waals surface area contributed by atoms with E-state index in [1.54, 1.807) is 6.07 Å². The van der Waals surface area contributed by atoms with Crippen molar-refractivity contribution >= 4 is 45.6 Å². The number of carbonyl (C=O) groups is 1. The van der Waals surface area contributed by atoms with E-state index in [9.17, 15) is 13.2 Å². The van der Waals surface area contributed by atoms with Gasteiger partial charge < -0.3 is 4.74 Å². The molecule has 0 spiro atoms. The SMILES string of the molecule is CCCN1Cc2cccc(S(=O)(=O)NC(=O)Nc3nc(Cl)cc(OC)n3)c2S1. The van der Waals surface area contributed by atoms with Gasteiger partial charge in [0.2, 0.25) is 11.8 Å². The fraction of sp³-hybridized carbons (Fsp3) is 0.312. The fourth-order valence-electron chi connectivity index (χ4n) is 2.59. The van der Waals surface area contributed by atoms with Crippen molar-refractivity contribution in [2.75, 3.05) is 19.0 Å². The Balaban J connectivity index is 1.77. The van der Waals surface area contributed by atoms with Gasteiger partial charge in [-0.3, -0.25) is 5.32 Å². The second-order valence-corrected chi connectivity index (χ2v) is 8.96. The molecule has 2 aromatic rings. The molecule has 1 aliphatic heterocycles. The number of aromatic nitrogens is 2. The van der Waals surface area contributed by atoms with Gasteiger partial charge in [-0.25, -0.2) is 27.2 Å². The summed E-state index contributed by atoms with van der Waals surface area (Å²) >= 11 is 7.19. The van der Waals surface area contributed by atoms with Gasteiger partial charge in [-0.05, 0) is 30.0 Å². The van der Waals surface area contributed by atoms with Gasteiger partial charge in [-0.15, -0.1) is 0 Å². The predicted octanol–water partition coefficient (Wildman–Crippen LogP) is 2.88.